The number of sulfonamides is 1. The Morgan fingerprint density at radius 2 is 1.88 bits per heavy atom. The summed E-state index contributed by atoms with van der Waals surface area (Å²) in [6.45, 7) is 7.88. The van der Waals surface area contributed by atoms with Crippen molar-refractivity contribution in [3.8, 4) is 0 Å². The lowest BCUT2D eigenvalue weighted by Gasteiger charge is -2.21. The zero-order valence-corrected chi connectivity index (χ0v) is 19.9. The number of hydrogen-bond donors (Lipinski definition) is 1. The number of fused-ring (bicyclic) bond motifs is 1. The van der Waals surface area contributed by atoms with Crippen molar-refractivity contribution in [1.82, 2.24) is 19.3 Å². The van der Waals surface area contributed by atoms with E-state index in [-0.39, 0.29) is 10.9 Å². The second-order valence-electron chi connectivity index (χ2n) is 8.27. The van der Waals surface area contributed by atoms with E-state index in [0.29, 0.717) is 38.7 Å². The minimum atomic E-state index is -3.66. The Balaban J connectivity index is 1.70. The third kappa shape index (κ3) is 6.35. The van der Waals surface area contributed by atoms with Gasteiger partial charge in [-0.2, -0.15) is 0 Å². The lowest BCUT2D eigenvalue weighted by Crippen LogP contribution is -2.39. The first-order valence-electron chi connectivity index (χ1n) is 10.7. The van der Waals surface area contributed by atoms with Gasteiger partial charge in [0.1, 0.15) is 11.3 Å². The summed E-state index contributed by atoms with van der Waals surface area (Å²) in [5.74, 6) is 1.22. The fraction of sp³-hybridized carbons (Fsp3) is 0.478. The first-order chi connectivity index (χ1) is 15.3. The molecule has 1 N–H and O–H groups in total. The molecule has 174 valence electrons. The number of aryl methyl sites for hydroxylation is 1. The molecule has 0 unspecified atom stereocenters. The summed E-state index contributed by atoms with van der Waals surface area (Å²) in [4.78, 5) is 8.89. The van der Waals surface area contributed by atoms with Crippen LogP contribution in [0.15, 0.2) is 47.6 Å². The fourth-order valence-corrected chi connectivity index (χ4v) is 4.87. The van der Waals surface area contributed by atoms with E-state index in [2.05, 4.69) is 33.1 Å². The van der Waals surface area contributed by atoms with Crippen molar-refractivity contribution in [3.63, 3.8) is 0 Å². The van der Waals surface area contributed by atoms with Gasteiger partial charge in [0.2, 0.25) is 10.0 Å². The van der Waals surface area contributed by atoms with Crippen LogP contribution in [0.2, 0.25) is 0 Å². The Labute approximate surface area is 190 Å². The summed E-state index contributed by atoms with van der Waals surface area (Å²) >= 11 is 0. The van der Waals surface area contributed by atoms with Crippen LogP contribution < -0.4 is 4.72 Å². The Hall–Kier alpha value is -2.33. The number of hydrogen-bond acceptors (Lipinski definition) is 6. The third-order valence-electron chi connectivity index (χ3n) is 5.14. The van der Waals surface area contributed by atoms with E-state index in [0.717, 1.165) is 22.4 Å². The Morgan fingerprint density at radius 3 is 2.56 bits per heavy atom. The van der Waals surface area contributed by atoms with E-state index in [1.807, 2.05) is 25.1 Å². The molecule has 2 aromatic heterocycles. The molecule has 0 amide bonds. The standard InChI is InChI=1S/C23H32N4O4S/c1-17(2)13-20(16-31-12-11-30-4)26-32(28,29)21-7-5-19(6-8-21)15-27-18(3)25-22-14-24-10-9-23(22)27/h5-10,14,17,20,26H,11-13,15-16H2,1-4H3/t20-/m0/s1. The van der Waals surface area contributed by atoms with Gasteiger partial charge < -0.3 is 14.0 Å². The number of pyridine rings is 1. The molecule has 0 aliphatic carbocycles. The summed E-state index contributed by atoms with van der Waals surface area (Å²) in [5.41, 5.74) is 2.84. The molecular weight excluding hydrogens is 428 g/mol. The minimum absolute atomic E-state index is 0.239. The van der Waals surface area contributed by atoms with Crippen molar-refractivity contribution in [3.05, 3.63) is 54.1 Å². The third-order valence-corrected chi connectivity index (χ3v) is 6.68. The number of benzene rings is 1. The molecule has 2 heterocycles. The smallest absolute Gasteiger partial charge is 0.240 e. The molecule has 0 spiro atoms. The van der Waals surface area contributed by atoms with Crippen LogP contribution in [0.25, 0.3) is 11.0 Å². The maximum absolute atomic E-state index is 13.0. The SMILES string of the molecule is COCCOC[C@H](CC(C)C)NS(=O)(=O)c1ccc(Cn2c(C)nc3cnccc32)cc1. The van der Waals surface area contributed by atoms with Crippen LogP contribution in [0.5, 0.6) is 0 Å². The number of imidazole rings is 1. The van der Waals surface area contributed by atoms with Gasteiger partial charge in [-0.05, 0) is 43.0 Å². The maximum atomic E-state index is 13.0. The minimum Gasteiger partial charge on any atom is -0.382 e. The Bertz CT molecular complexity index is 1110. The molecule has 0 fully saturated rings. The zero-order valence-electron chi connectivity index (χ0n) is 19.1. The summed E-state index contributed by atoms with van der Waals surface area (Å²) in [6, 6.07) is 8.60. The Morgan fingerprint density at radius 1 is 1.12 bits per heavy atom. The molecule has 0 aliphatic heterocycles. The van der Waals surface area contributed by atoms with Crippen molar-refractivity contribution in [1.29, 1.82) is 0 Å². The van der Waals surface area contributed by atoms with Crippen LogP contribution in [0.4, 0.5) is 0 Å². The van der Waals surface area contributed by atoms with Gasteiger partial charge in [0, 0.05) is 25.9 Å². The van der Waals surface area contributed by atoms with Crippen LogP contribution in [-0.4, -0.2) is 55.9 Å². The highest BCUT2D eigenvalue weighted by atomic mass is 32.2. The molecule has 0 aliphatic rings. The van der Waals surface area contributed by atoms with Crippen LogP contribution in [-0.2, 0) is 26.0 Å². The van der Waals surface area contributed by atoms with E-state index >= 15 is 0 Å². The van der Waals surface area contributed by atoms with Gasteiger partial charge in [-0.3, -0.25) is 4.98 Å². The molecule has 1 atom stereocenters. The quantitative estimate of drug-likeness (QED) is 0.417. The van der Waals surface area contributed by atoms with Gasteiger partial charge >= 0.3 is 0 Å². The van der Waals surface area contributed by atoms with Gasteiger partial charge in [0.05, 0.1) is 36.4 Å². The monoisotopic (exact) mass is 460 g/mol. The Kier molecular flexibility index (Phi) is 8.36. The lowest BCUT2D eigenvalue weighted by molar-refractivity contribution is 0.0589. The van der Waals surface area contributed by atoms with E-state index in [1.165, 1.54) is 0 Å². The van der Waals surface area contributed by atoms with Crippen molar-refractivity contribution in [2.75, 3.05) is 26.9 Å². The first kappa shape index (κ1) is 24.3. The fourth-order valence-electron chi connectivity index (χ4n) is 3.63. The van der Waals surface area contributed by atoms with Crippen molar-refractivity contribution in [2.24, 2.45) is 5.92 Å². The first-order valence-corrected chi connectivity index (χ1v) is 12.2. The molecule has 0 saturated carbocycles. The summed E-state index contributed by atoms with van der Waals surface area (Å²) in [6.07, 6.45) is 4.17. The predicted octanol–water partition coefficient (Wildman–Crippen LogP) is 3.14. The number of nitrogens with one attached hydrogen (secondary N) is 1. The van der Waals surface area contributed by atoms with Gasteiger partial charge in [0.15, 0.2) is 0 Å². The topological polar surface area (TPSA) is 95.3 Å². The number of nitrogens with zero attached hydrogens (tertiary/aromatic N) is 3. The molecule has 0 radical (unpaired) electrons. The molecule has 32 heavy (non-hydrogen) atoms. The van der Waals surface area contributed by atoms with Crippen LogP contribution in [0.3, 0.4) is 0 Å². The zero-order chi connectivity index (χ0) is 23.1. The molecule has 3 aromatic rings. The molecule has 8 nitrogen and oxygen atoms in total. The second-order valence-corrected chi connectivity index (χ2v) is 9.98. The highest BCUT2D eigenvalue weighted by Crippen LogP contribution is 2.18. The van der Waals surface area contributed by atoms with Crippen LogP contribution >= 0.6 is 0 Å². The highest BCUT2D eigenvalue weighted by molar-refractivity contribution is 7.89. The van der Waals surface area contributed by atoms with Gasteiger partial charge in [0.25, 0.3) is 0 Å². The van der Waals surface area contributed by atoms with Crippen LogP contribution in [0, 0.1) is 12.8 Å². The molecule has 0 bridgehead atoms. The van der Waals surface area contributed by atoms with Crippen molar-refractivity contribution < 1.29 is 17.9 Å². The van der Waals surface area contributed by atoms with Gasteiger partial charge in [-0.25, -0.2) is 18.1 Å². The molecule has 3 rings (SSSR count). The number of rotatable bonds is 12. The van der Waals surface area contributed by atoms with E-state index in [9.17, 15) is 8.42 Å². The van der Waals surface area contributed by atoms with E-state index < -0.39 is 10.0 Å². The molecule has 9 heteroatoms. The van der Waals surface area contributed by atoms with Gasteiger partial charge in [-0.1, -0.05) is 26.0 Å². The number of aromatic nitrogens is 3. The molecular formula is C23H32N4O4S. The van der Waals surface area contributed by atoms with E-state index in [4.69, 9.17) is 9.47 Å². The largest absolute Gasteiger partial charge is 0.382 e. The average molecular weight is 461 g/mol. The van der Waals surface area contributed by atoms with Crippen molar-refractivity contribution >= 4 is 21.1 Å². The summed E-state index contributed by atoms with van der Waals surface area (Å²) < 4.78 is 41.4. The van der Waals surface area contributed by atoms with Crippen molar-refractivity contribution in [2.45, 2.75) is 44.7 Å². The maximum Gasteiger partial charge on any atom is 0.240 e. The molecule has 1 aromatic carbocycles. The van der Waals surface area contributed by atoms with E-state index in [1.54, 1.807) is 31.6 Å². The average Bonchev–Trinajstić information content (AvgIpc) is 3.06. The summed E-state index contributed by atoms with van der Waals surface area (Å²) in [5, 5.41) is 0. The lowest BCUT2D eigenvalue weighted by atomic mass is 10.1. The highest BCUT2D eigenvalue weighted by Gasteiger charge is 2.21. The molecule has 0 saturated heterocycles. The number of ether oxygens (including phenoxy) is 2. The van der Waals surface area contributed by atoms with Gasteiger partial charge in [-0.15, -0.1) is 0 Å². The normalized spacial score (nSPS) is 13.2. The number of methoxy groups -OCH3 is 1. The summed E-state index contributed by atoms with van der Waals surface area (Å²) in [7, 11) is -2.05. The predicted molar refractivity (Wildman–Crippen MR) is 124 cm³/mol. The van der Waals surface area contributed by atoms with Crippen LogP contribution in [0.1, 0.15) is 31.7 Å². The second kappa shape index (κ2) is 11.0.